The van der Waals surface area contributed by atoms with Crippen molar-refractivity contribution in [1.29, 1.82) is 0 Å². The normalized spacial score (nSPS) is 23.0. The monoisotopic (exact) mass is 237 g/mol. The summed E-state index contributed by atoms with van der Waals surface area (Å²) < 4.78 is 0. The average molecular weight is 238 g/mol. The van der Waals surface area contributed by atoms with Gasteiger partial charge < -0.3 is 4.90 Å². The zero-order valence-electron chi connectivity index (χ0n) is 10.3. The van der Waals surface area contributed by atoms with E-state index in [1.807, 2.05) is 0 Å². The molecule has 16 heavy (non-hydrogen) atoms. The number of benzene rings is 1. The maximum absolute atomic E-state index is 5.92. The van der Waals surface area contributed by atoms with Gasteiger partial charge in [-0.2, -0.15) is 0 Å². The van der Waals surface area contributed by atoms with Gasteiger partial charge in [0.2, 0.25) is 0 Å². The van der Waals surface area contributed by atoms with Crippen LogP contribution in [0.2, 0.25) is 0 Å². The Labute approximate surface area is 103 Å². The van der Waals surface area contributed by atoms with Crippen LogP contribution in [0.1, 0.15) is 38.7 Å². The van der Waals surface area contributed by atoms with Crippen molar-refractivity contribution < 1.29 is 0 Å². The molecule has 1 unspecified atom stereocenters. The maximum atomic E-state index is 5.92. The lowest BCUT2D eigenvalue weighted by molar-refractivity contribution is 0.382. The third-order valence-corrected chi connectivity index (χ3v) is 3.77. The molecule has 0 bridgehead atoms. The van der Waals surface area contributed by atoms with Crippen molar-refractivity contribution in [2.45, 2.75) is 38.6 Å². The minimum atomic E-state index is 0.211. The summed E-state index contributed by atoms with van der Waals surface area (Å²) in [6.45, 7) is 7.87. The van der Waals surface area contributed by atoms with Gasteiger partial charge >= 0.3 is 0 Å². The van der Waals surface area contributed by atoms with Crippen molar-refractivity contribution in [3.05, 3.63) is 29.8 Å². The molecule has 0 saturated carbocycles. The van der Waals surface area contributed by atoms with E-state index in [0.717, 1.165) is 6.54 Å². The van der Waals surface area contributed by atoms with Crippen molar-refractivity contribution in [3.63, 3.8) is 0 Å². The second-order valence-corrected chi connectivity index (χ2v) is 5.70. The molecule has 1 aromatic carbocycles. The van der Waals surface area contributed by atoms with Crippen molar-refractivity contribution in [1.82, 2.24) is 0 Å². The Morgan fingerprint density at radius 2 is 2.06 bits per heavy atom. The molecule has 0 N–H and O–H groups in total. The molecule has 1 aliphatic rings. The first kappa shape index (κ1) is 11.8. The lowest BCUT2D eigenvalue weighted by Gasteiger charge is -2.47. The summed E-state index contributed by atoms with van der Waals surface area (Å²) in [5.74, 6) is 1.32. The van der Waals surface area contributed by atoms with Crippen LogP contribution in [0.3, 0.4) is 0 Å². The summed E-state index contributed by atoms with van der Waals surface area (Å²) in [6, 6.07) is 8.72. The first-order chi connectivity index (χ1) is 7.56. The van der Waals surface area contributed by atoms with Gasteiger partial charge in [-0.1, -0.05) is 25.1 Å². The molecule has 0 saturated heterocycles. The SMILES string of the molecule is CC1CC(C)(C)N(CCCl)c2ccccc21. The number of halogens is 1. The number of alkyl halides is 1. The molecule has 0 amide bonds. The van der Waals surface area contributed by atoms with Gasteiger partial charge in [-0.25, -0.2) is 0 Å². The largest absolute Gasteiger partial charge is 0.365 e. The highest BCUT2D eigenvalue weighted by atomic mass is 35.5. The molecule has 1 heterocycles. The third kappa shape index (κ3) is 1.93. The number of hydrogen-bond donors (Lipinski definition) is 0. The summed E-state index contributed by atoms with van der Waals surface area (Å²) in [7, 11) is 0. The Morgan fingerprint density at radius 3 is 2.75 bits per heavy atom. The molecule has 2 heteroatoms. The van der Waals surface area contributed by atoms with Crippen LogP contribution in [-0.2, 0) is 0 Å². The molecule has 0 radical (unpaired) electrons. The lowest BCUT2D eigenvalue weighted by atomic mass is 9.80. The van der Waals surface area contributed by atoms with Gasteiger partial charge in [-0.15, -0.1) is 11.6 Å². The van der Waals surface area contributed by atoms with Crippen LogP contribution in [0, 0.1) is 0 Å². The predicted molar refractivity (Wildman–Crippen MR) is 71.6 cm³/mol. The van der Waals surface area contributed by atoms with E-state index in [2.05, 4.69) is 49.9 Å². The van der Waals surface area contributed by atoms with E-state index in [0.29, 0.717) is 11.8 Å². The van der Waals surface area contributed by atoms with Gasteiger partial charge in [0, 0.05) is 23.7 Å². The van der Waals surface area contributed by atoms with Crippen molar-refractivity contribution in [3.8, 4) is 0 Å². The second kappa shape index (κ2) is 4.29. The van der Waals surface area contributed by atoms with E-state index >= 15 is 0 Å². The zero-order chi connectivity index (χ0) is 11.8. The first-order valence-electron chi connectivity index (χ1n) is 5.99. The molecular formula is C14H20ClN. The number of fused-ring (bicyclic) bond motifs is 1. The van der Waals surface area contributed by atoms with E-state index in [1.165, 1.54) is 17.7 Å². The van der Waals surface area contributed by atoms with Crippen LogP contribution in [0.5, 0.6) is 0 Å². The smallest absolute Gasteiger partial charge is 0.0406 e. The summed E-state index contributed by atoms with van der Waals surface area (Å²) in [4.78, 5) is 2.45. The number of anilines is 1. The van der Waals surface area contributed by atoms with Crippen LogP contribution < -0.4 is 4.90 Å². The van der Waals surface area contributed by atoms with Crippen molar-refractivity contribution in [2.75, 3.05) is 17.3 Å². The van der Waals surface area contributed by atoms with Crippen molar-refractivity contribution in [2.24, 2.45) is 0 Å². The van der Waals surface area contributed by atoms with Crippen LogP contribution >= 0.6 is 11.6 Å². The second-order valence-electron chi connectivity index (χ2n) is 5.32. The van der Waals surface area contributed by atoms with Gasteiger partial charge in [0.05, 0.1) is 0 Å². The zero-order valence-corrected chi connectivity index (χ0v) is 11.1. The molecular weight excluding hydrogens is 218 g/mol. The number of nitrogens with zero attached hydrogens (tertiary/aromatic N) is 1. The van der Waals surface area contributed by atoms with Crippen LogP contribution in [0.4, 0.5) is 5.69 Å². The molecule has 1 atom stereocenters. The van der Waals surface area contributed by atoms with Crippen LogP contribution in [0.25, 0.3) is 0 Å². The van der Waals surface area contributed by atoms with Crippen LogP contribution in [-0.4, -0.2) is 18.0 Å². The highest BCUT2D eigenvalue weighted by Crippen LogP contribution is 2.42. The van der Waals surface area contributed by atoms with E-state index < -0.39 is 0 Å². The summed E-state index contributed by atoms with van der Waals surface area (Å²) in [6.07, 6.45) is 1.20. The molecule has 0 aliphatic carbocycles. The van der Waals surface area contributed by atoms with Gasteiger partial charge in [-0.3, -0.25) is 0 Å². The third-order valence-electron chi connectivity index (χ3n) is 3.60. The Morgan fingerprint density at radius 1 is 1.38 bits per heavy atom. The molecule has 1 aliphatic heterocycles. The molecule has 2 rings (SSSR count). The Hall–Kier alpha value is -0.690. The number of para-hydroxylation sites is 1. The molecule has 0 spiro atoms. The van der Waals surface area contributed by atoms with Crippen molar-refractivity contribution >= 4 is 17.3 Å². The molecule has 0 fully saturated rings. The molecule has 1 aromatic rings. The fraction of sp³-hybridized carbons (Fsp3) is 0.571. The summed E-state index contributed by atoms with van der Waals surface area (Å²) in [5.41, 5.74) is 3.04. The van der Waals surface area contributed by atoms with Gasteiger partial charge in [0.15, 0.2) is 0 Å². The molecule has 88 valence electrons. The summed E-state index contributed by atoms with van der Waals surface area (Å²) >= 11 is 5.92. The Bertz CT molecular complexity index is 373. The highest BCUT2D eigenvalue weighted by Gasteiger charge is 2.35. The fourth-order valence-corrected chi connectivity index (χ4v) is 3.12. The van der Waals surface area contributed by atoms with Gasteiger partial charge in [0.25, 0.3) is 0 Å². The molecule has 1 nitrogen and oxygen atoms in total. The van der Waals surface area contributed by atoms with E-state index in [1.54, 1.807) is 0 Å². The number of rotatable bonds is 2. The average Bonchev–Trinajstić information content (AvgIpc) is 2.23. The van der Waals surface area contributed by atoms with E-state index in [-0.39, 0.29) is 5.54 Å². The highest BCUT2D eigenvalue weighted by molar-refractivity contribution is 6.18. The lowest BCUT2D eigenvalue weighted by Crippen LogP contribution is -2.49. The standard InChI is InChI=1S/C14H20ClN/c1-11-10-14(2,3)16(9-8-15)13-7-5-4-6-12(11)13/h4-7,11H,8-10H2,1-3H3. The van der Waals surface area contributed by atoms with Crippen LogP contribution in [0.15, 0.2) is 24.3 Å². The predicted octanol–water partition coefficient (Wildman–Crippen LogP) is 4.02. The number of hydrogen-bond acceptors (Lipinski definition) is 1. The first-order valence-corrected chi connectivity index (χ1v) is 6.52. The fourth-order valence-electron chi connectivity index (χ4n) is 2.95. The van der Waals surface area contributed by atoms with E-state index in [9.17, 15) is 0 Å². The van der Waals surface area contributed by atoms with Gasteiger partial charge in [-0.05, 0) is 37.8 Å². The topological polar surface area (TPSA) is 3.24 Å². The minimum absolute atomic E-state index is 0.211. The quantitative estimate of drug-likeness (QED) is 0.703. The Balaban J connectivity index is 2.45. The maximum Gasteiger partial charge on any atom is 0.0406 e. The summed E-state index contributed by atoms with van der Waals surface area (Å²) in [5, 5.41) is 0. The van der Waals surface area contributed by atoms with Gasteiger partial charge in [0.1, 0.15) is 0 Å². The molecule has 0 aromatic heterocycles. The minimum Gasteiger partial charge on any atom is -0.365 e. The van der Waals surface area contributed by atoms with E-state index in [4.69, 9.17) is 11.6 Å². The Kier molecular flexibility index (Phi) is 3.16.